The zero-order chi connectivity index (χ0) is 20.4. The first kappa shape index (κ1) is 25.5. The van der Waals surface area contributed by atoms with E-state index in [1.165, 1.54) is 0 Å². The van der Waals surface area contributed by atoms with Gasteiger partial charge < -0.3 is 19.5 Å². The molecule has 0 amide bonds. The number of aryl methyl sites for hydroxylation is 1. The van der Waals surface area contributed by atoms with Crippen LogP contribution in [0.5, 0.6) is 0 Å². The molecular weight excluding hydrogens is 483 g/mol. The fourth-order valence-electron chi connectivity index (χ4n) is 3.52. The summed E-state index contributed by atoms with van der Waals surface area (Å²) >= 11 is 0. The number of unbranched alkanes of at least 4 members (excludes halogenated alkanes) is 1. The van der Waals surface area contributed by atoms with Crippen LogP contribution in [0.4, 0.5) is 0 Å². The zero-order valence-electron chi connectivity index (χ0n) is 17.9. The first-order valence-electron chi connectivity index (χ1n) is 10.4. The Balaban J connectivity index is 0.00000420. The molecule has 7 nitrogen and oxygen atoms in total. The summed E-state index contributed by atoms with van der Waals surface area (Å²) < 4.78 is 7.00. The lowest BCUT2D eigenvalue weighted by Gasteiger charge is -2.34. The lowest BCUT2D eigenvalue weighted by Crippen LogP contribution is -2.48. The number of halogens is 1. The normalized spacial score (nSPS) is 16.9. The highest BCUT2D eigenvalue weighted by Gasteiger charge is 2.28. The number of esters is 1. The van der Waals surface area contributed by atoms with E-state index in [-0.39, 0.29) is 41.4 Å². The molecule has 164 valence electrons. The van der Waals surface area contributed by atoms with Crippen molar-refractivity contribution in [2.45, 2.75) is 53.0 Å². The molecule has 0 unspecified atom stereocenters. The molecular formula is C21H35IN4O3. The second-order valence-electron chi connectivity index (χ2n) is 7.14. The lowest BCUT2D eigenvalue weighted by molar-refractivity contribution is -0.149. The summed E-state index contributed by atoms with van der Waals surface area (Å²) in [6.45, 7) is 10.0. The van der Waals surface area contributed by atoms with Gasteiger partial charge in [-0.05, 0) is 52.5 Å². The molecule has 8 heteroatoms. The SMILES string of the molecule is CCNC(=NCCCCn1c(C)cccc1=O)N1CCC[C@H](C(=O)OCC)C1.I. The van der Waals surface area contributed by atoms with Crippen LogP contribution < -0.4 is 10.9 Å². The van der Waals surface area contributed by atoms with Crippen LogP contribution in [0.1, 0.15) is 45.2 Å². The van der Waals surface area contributed by atoms with Gasteiger partial charge in [-0.3, -0.25) is 14.6 Å². The average Bonchev–Trinajstić information content (AvgIpc) is 2.69. The highest BCUT2D eigenvalue weighted by atomic mass is 127. The van der Waals surface area contributed by atoms with Crippen molar-refractivity contribution in [1.82, 2.24) is 14.8 Å². The molecule has 1 N–H and O–H groups in total. The molecule has 0 spiro atoms. The summed E-state index contributed by atoms with van der Waals surface area (Å²) in [5, 5.41) is 3.34. The van der Waals surface area contributed by atoms with Crippen molar-refractivity contribution in [2.24, 2.45) is 10.9 Å². The molecule has 1 aliphatic heterocycles. The molecule has 1 aromatic rings. The predicted molar refractivity (Wildman–Crippen MR) is 127 cm³/mol. The van der Waals surface area contributed by atoms with Crippen LogP contribution >= 0.6 is 24.0 Å². The Morgan fingerprint density at radius 2 is 2.10 bits per heavy atom. The number of nitrogens with one attached hydrogen (secondary N) is 1. The van der Waals surface area contributed by atoms with Crippen LogP contribution in [0, 0.1) is 12.8 Å². The zero-order valence-corrected chi connectivity index (χ0v) is 20.2. The fraction of sp³-hybridized carbons (Fsp3) is 0.667. The second kappa shape index (κ2) is 13.6. The molecule has 0 radical (unpaired) electrons. The van der Waals surface area contributed by atoms with Crippen molar-refractivity contribution in [1.29, 1.82) is 0 Å². The molecule has 0 bridgehead atoms. The van der Waals surface area contributed by atoms with Gasteiger partial charge in [0.25, 0.3) is 5.56 Å². The minimum Gasteiger partial charge on any atom is -0.466 e. The number of pyridine rings is 1. The minimum atomic E-state index is -0.105. The van der Waals surface area contributed by atoms with Crippen molar-refractivity contribution in [3.63, 3.8) is 0 Å². The average molecular weight is 518 g/mol. The third-order valence-corrected chi connectivity index (χ3v) is 5.00. The van der Waals surface area contributed by atoms with E-state index in [0.29, 0.717) is 26.2 Å². The minimum absolute atomic E-state index is 0. The van der Waals surface area contributed by atoms with Gasteiger partial charge in [-0.25, -0.2) is 0 Å². The van der Waals surface area contributed by atoms with E-state index in [0.717, 1.165) is 50.4 Å². The number of hydrogen-bond acceptors (Lipinski definition) is 4. The van der Waals surface area contributed by atoms with E-state index in [1.54, 1.807) is 12.1 Å². The van der Waals surface area contributed by atoms with Gasteiger partial charge in [0, 0.05) is 44.5 Å². The van der Waals surface area contributed by atoms with Gasteiger partial charge >= 0.3 is 5.97 Å². The maximum absolute atomic E-state index is 12.1. The summed E-state index contributed by atoms with van der Waals surface area (Å²) in [6, 6.07) is 5.35. The van der Waals surface area contributed by atoms with Crippen LogP contribution in [0.2, 0.25) is 0 Å². The van der Waals surface area contributed by atoms with Crippen molar-refractivity contribution < 1.29 is 9.53 Å². The fourth-order valence-corrected chi connectivity index (χ4v) is 3.52. The number of piperidine rings is 1. The van der Waals surface area contributed by atoms with Gasteiger partial charge in [0.15, 0.2) is 5.96 Å². The van der Waals surface area contributed by atoms with E-state index in [9.17, 15) is 9.59 Å². The standard InChI is InChI=1S/C21H34N4O3.HI/c1-4-22-21(24-14-9-11-18(16-24)20(27)28-5-2)23-13-6-7-15-25-17(3)10-8-12-19(25)26;/h8,10,12,18H,4-7,9,11,13-16H2,1-3H3,(H,22,23);1H/t18-;/m0./s1. The summed E-state index contributed by atoms with van der Waals surface area (Å²) in [6.07, 6.45) is 3.65. The number of ether oxygens (including phenoxy) is 1. The van der Waals surface area contributed by atoms with E-state index in [2.05, 4.69) is 10.2 Å². The Labute approximate surface area is 190 Å². The van der Waals surface area contributed by atoms with Gasteiger partial charge in [-0.1, -0.05) is 6.07 Å². The van der Waals surface area contributed by atoms with E-state index >= 15 is 0 Å². The topological polar surface area (TPSA) is 75.9 Å². The van der Waals surface area contributed by atoms with Crippen molar-refractivity contribution in [3.05, 3.63) is 34.2 Å². The molecule has 2 heterocycles. The van der Waals surface area contributed by atoms with Gasteiger partial charge in [0.2, 0.25) is 0 Å². The largest absolute Gasteiger partial charge is 0.466 e. The first-order valence-corrected chi connectivity index (χ1v) is 10.4. The summed E-state index contributed by atoms with van der Waals surface area (Å²) in [5.41, 5.74) is 1.04. The monoisotopic (exact) mass is 518 g/mol. The van der Waals surface area contributed by atoms with E-state index < -0.39 is 0 Å². The van der Waals surface area contributed by atoms with Crippen molar-refractivity contribution in [3.8, 4) is 0 Å². The Kier molecular flexibility index (Phi) is 11.9. The second-order valence-corrected chi connectivity index (χ2v) is 7.14. The van der Waals surface area contributed by atoms with Crippen molar-refractivity contribution >= 4 is 35.9 Å². The van der Waals surface area contributed by atoms with Crippen LogP contribution in [0.3, 0.4) is 0 Å². The van der Waals surface area contributed by atoms with Crippen molar-refractivity contribution in [2.75, 3.05) is 32.8 Å². The molecule has 0 aromatic carbocycles. The summed E-state index contributed by atoms with van der Waals surface area (Å²) in [7, 11) is 0. The van der Waals surface area contributed by atoms with Gasteiger partial charge in [0.1, 0.15) is 0 Å². The molecule has 2 rings (SSSR count). The lowest BCUT2D eigenvalue weighted by atomic mass is 9.98. The van der Waals surface area contributed by atoms with E-state index in [1.807, 2.05) is 31.4 Å². The molecule has 1 fully saturated rings. The summed E-state index contributed by atoms with van der Waals surface area (Å²) in [5.74, 6) is 0.682. The highest BCUT2D eigenvalue weighted by molar-refractivity contribution is 14.0. The van der Waals surface area contributed by atoms with Crippen LogP contribution in [-0.2, 0) is 16.1 Å². The van der Waals surface area contributed by atoms with Crippen LogP contribution in [0.25, 0.3) is 0 Å². The maximum Gasteiger partial charge on any atom is 0.310 e. The van der Waals surface area contributed by atoms with Gasteiger partial charge in [0.05, 0.1) is 12.5 Å². The first-order chi connectivity index (χ1) is 13.6. The number of carbonyl (C=O) groups excluding carboxylic acids is 1. The smallest absolute Gasteiger partial charge is 0.310 e. The number of rotatable bonds is 8. The molecule has 0 aliphatic carbocycles. The molecule has 1 saturated heterocycles. The molecule has 1 aliphatic rings. The number of aliphatic imine (C=N–C) groups is 1. The number of hydrogen-bond donors (Lipinski definition) is 1. The van der Waals surface area contributed by atoms with Gasteiger partial charge in [-0.15, -0.1) is 24.0 Å². The number of aromatic nitrogens is 1. The Hall–Kier alpha value is -1.58. The third kappa shape index (κ3) is 7.98. The maximum atomic E-state index is 12.1. The molecule has 0 saturated carbocycles. The number of guanidine groups is 1. The third-order valence-electron chi connectivity index (χ3n) is 5.00. The molecule has 1 atom stereocenters. The quantitative estimate of drug-likeness (QED) is 0.188. The Bertz CT molecular complexity index is 720. The highest BCUT2D eigenvalue weighted by Crippen LogP contribution is 2.18. The number of carbonyl (C=O) groups is 1. The summed E-state index contributed by atoms with van der Waals surface area (Å²) in [4.78, 5) is 30.9. The Morgan fingerprint density at radius 1 is 1.31 bits per heavy atom. The molecule has 29 heavy (non-hydrogen) atoms. The Morgan fingerprint density at radius 3 is 2.79 bits per heavy atom. The predicted octanol–water partition coefficient (Wildman–Crippen LogP) is 2.80. The van der Waals surface area contributed by atoms with Crippen LogP contribution in [0.15, 0.2) is 28.0 Å². The van der Waals surface area contributed by atoms with Gasteiger partial charge in [-0.2, -0.15) is 0 Å². The number of likely N-dealkylation sites (tertiary alicyclic amines) is 1. The van der Waals surface area contributed by atoms with Crippen LogP contribution in [-0.4, -0.2) is 54.2 Å². The molecule has 1 aromatic heterocycles. The van der Waals surface area contributed by atoms with E-state index in [4.69, 9.17) is 9.73 Å². The number of nitrogens with zero attached hydrogens (tertiary/aromatic N) is 3.